The summed E-state index contributed by atoms with van der Waals surface area (Å²) in [4.78, 5) is 0. The van der Waals surface area contributed by atoms with Gasteiger partial charge in [-0.2, -0.15) is 0 Å². The van der Waals surface area contributed by atoms with Crippen LogP contribution in [0.25, 0.3) is 0 Å². The molecule has 72 valence electrons. The molecule has 1 unspecified atom stereocenters. The van der Waals surface area contributed by atoms with Crippen molar-refractivity contribution >= 4 is 0 Å². The number of aromatic hydroxyl groups is 1. The van der Waals surface area contributed by atoms with E-state index in [-0.39, 0.29) is 18.0 Å². The molecule has 0 saturated carbocycles. The fourth-order valence-corrected chi connectivity index (χ4v) is 1.10. The summed E-state index contributed by atoms with van der Waals surface area (Å²) in [5.74, 6) is -2.09. The van der Waals surface area contributed by atoms with Crippen molar-refractivity contribution in [2.75, 3.05) is 0 Å². The van der Waals surface area contributed by atoms with E-state index in [4.69, 9.17) is 10.8 Å². The van der Waals surface area contributed by atoms with Crippen molar-refractivity contribution in [1.29, 1.82) is 0 Å². The summed E-state index contributed by atoms with van der Waals surface area (Å²) in [5, 5.41) is 9.16. The first kappa shape index (κ1) is 9.92. The maximum Gasteiger partial charge on any atom is 0.165 e. The molecule has 0 saturated heterocycles. The molecule has 2 nitrogen and oxygen atoms in total. The molecule has 13 heavy (non-hydrogen) atoms. The summed E-state index contributed by atoms with van der Waals surface area (Å²) in [5.41, 5.74) is 5.35. The molecular formula is C9H11F2NO. The first-order chi connectivity index (χ1) is 6.02. The predicted octanol–water partition coefficient (Wildman–Crippen LogP) is 1.56. The topological polar surface area (TPSA) is 46.2 Å². The van der Waals surface area contributed by atoms with Gasteiger partial charge in [0.15, 0.2) is 11.6 Å². The van der Waals surface area contributed by atoms with Crippen molar-refractivity contribution < 1.29 is 13.9 Å². The number of nitrogens with two attached hydrogens (primary N) is 1. The Hall–Kier alpha value is -1.16. The van der Waals surface area contributed by atoms with E-state index in [9.17, 15) is 8.78 Å². The monoisotopic (exact) mass is 187 g/mol. The van der Waals surface area contributed by atoms with Crippen molar-refractivity contribution in [3.8, 4) is 5.75 Å². The molecule has 0 heterocycles. The van der Waals surface area contributed by atoms with Gasteiger partial charge in [-0.25, -0.2) is 8.78 Å². The highest BCUT2D eigenvalue weighted by atomic mass is 19.1. The molecule has 0 spiro atoms. The molecule has 1 aromatic carbocycles. The van der Waals surface area contributed by atoms with Gasteiger partial charge in [0, 0.05) is 11.6 Å². The van der Waals surface area contributed by atoms with Gasteiger partial charge in [-0.15, -0.1) is 0 Å². The second kappa shape index (κ2) is 3.70. The zero-order valence-corrected chi connectivity index (χ0v) is 7.22. The molecular weight excluding hydrogens is 176 g/mol. The lowest BCUT2D eigenvalue weighted by atomic mass is 10.1. The van der Waals surface area contributed by atoms with Crippen molar-refractivity contribution in [1.82, 2.24) is 0 Å². The standard InChI is InChI=1S/C9H11F2NO/c1-5(12)4-6-7(10)2-3-8(11)9(6)13/h2-3,5,13H,4,12H2,1H3. The van der Waals surface area contributed by atoms with Crippen LogP contribution in [-0.4, -0.2) is 11.1 Å². The SMILES string of the molecule is CC(N)Cc1c(F)ccc(F)c1O. The molecule has 1 aromatic rings. The minimum Gasteiger partial charge on any atom is -0.505 e. The number of benzene rings is 1. The molecule has 0 aromatic heterocycles. The number of hydrogen-bond acceptors (Lipinski definition) is 2. The second-order valence-electron chi connectivity index (χ2n) is 3.04. The lowest BCUT2D eigenvalue weighted by Gasteiger charge is -2.08. The average Bonchev–Trinajstić information content (AvgIpc) is 2.05. The van der Waals surface area contributed by atoms with Crippen LogP contribution in [0, 0.1) is 11.6 Å². The van der Waals surface area contributed by atoms with Crippen molar-refractivity contribution in [3.63, 3.8) is 0 Å². The fraction of sp³-hybridized carbons (Fsp3) is 0.333. The molecule has 1 atom stereocenters. The first-order valence-electron chi connectivity index (χ1n) is 3.93. The van der Waals surface area contributed by atoms with E-state index in [2.05, 4.69) is 0 Å². The minimum absolute atomic E-state index is 0.0602. The van der Waals surface area contributed by atoms with E-state index in [0.29, 0.717) is 0 Å². The van der Waals surface area contributed by atoms with E-state index in [1.54, 1.807) is 6.92 Å². The molecule has 0 aliphatic heterocycles. The molecule has 0 amide bonds. The Morgan fingerprint density at radius 3 is 2.46 bits per heavy atom. The highest BCUT2D eigenvalue weighted by molar-refractivity contribution is 5.35. The third-order valence-corrected chi connectivity index (χ3v) is 1.70. The minimum atomic E-state index is -0.822. The molecule has 0 aliphatic carbocycles. The zero-order chi connectivity index (χ0) is 10.0. The Morgan fingerprint density at radius 1 is 1.38 bits per heavy atom. The summed E-state index contributed by atoms with van der Waals surface area (Å²) < 4.78 is 25.8. The molecule has 1 rings (SSSR count). The van der Waals surface area contributed by atoms with E-state index >= 15 is 0 Å². The van der Waals surface area contributed by atoms with Crippen LogP contribution in [0.3, 0.4) is 0 Å². The number of phenolic OH excluding ortho intramolecular Hbond substituents is 1. The van der Waals surface area contributed by atoms with Gasteiger partial charge < -0.3 is 10.8 Å². The van der Waals surface area contributed by atoms with Crippen LogP contribution >= 0.6 is 0 Å². The Labute approximate surface area is 75.0 Å². The summed E-state index contributed by atoms with van der Waals surface area (Å²) >= 11 is 0. The Morgan fingerprint density at radius 2 is 1.92 bits per heavy atom. The van der Waals surface area contributed by atoms with Gasteiger partial charge in [-0.1, -0.05) is 0 Å². The predicted molar refractivity (Wildman–Crippen MR) is 45.4 cm³/mol. The fourth-order valence-electron chi connectivity index (χ4n) is 1.10. The Kier molecular flexibility index (Phi) is 2.83. The van der Waals surface area contributed by atoms with Gasteiger partial charge >= 0.3 is 0 Å². The summed E-state index contributed by atoms with van der Waals surface area (Å²) in [6.45, 7) is 1.66. The van der Waals surface area contributed by atoms with Crippen LogP contribution in [0.15, 0.2) is 12.1 Å². The van der Waals surface area contributed by atoms with Crippen LogP contribution < -0.4 is 5.73 Å². The molecule has 0 aliphatic rings. The van der Waals surface area contributed by atoms with E-state index in [1.807, 2.05) is 0 Å². The van der Waals surface area contributed by atoms with Crippen LogP contribution in [0.5, 0.6) is 5.75 Å². The van der Waals surface area contributed by atoms with Crippen molar-refractivity contribution in [2.24, 2.45) is 5.73 Å². The maximum atomic E-state index is 13.0. The molecule has 4 heteroatoms. The smallest absolute Gasteiger partial charge is 0.165 e. The van der Waals surface area contributed by atoms with E-state index in [0.717, 1.165) is 12.1 Å². The maximum absolute atomic E-state index is 13.0. The number of hydrogen-bond donors (Lipinski definition) is 2. The first-order valence-corrected chi connectivity index (χ1v) is 3.93. The molecule has 3 N–H and O–H groups in total. The summed E-state index contributed by atoms with van der Waals surface area (Å²) in [6.07, 6.45) is 0.120. The molecule has 0 radical (unpaired) electrons. The summed E-state index contributed by atoms with van der Waals surface area (Å²) in [6, 6.07) is 1.55. The van der Waals surface area contributed by atoms with Gasteiger partial charge in [-0.05, 0) is 25.5 Å². The Bertz CT molecular complexity index is 313. The lowest BCUT2D eigenvalue weighted by molar-refractivity contribution is 0.415. The van der Waals surface area contributed by atoms with Crippen LogP contribution in [0.2, 0.25) is 0 Å². The zero-order valence-electron chi connectivity index (χ0n) is 7.22. The largest absolute Gasteiger partial charge is 0.505 e. The van der Waals surface area contributed by atoms with Gasteiger partial charge in [0.1, 0.15) is 5.82 Å². The summed E-state index contributed by atoms with van der Waals surface area (Å²) in [7, 11) is 0. The second-order valence-corrected chi connectivity index (χ2v) is 3.04. The van der Waals surface area contributed by atoms with Crippen molar-refractivity contribution in [3.05, 3.63) is 29.3 Å². The third kappa shape index (κ3) is 2.15. The quantitative estimate of drug-likeness (QED) is 0.738. The van der Waals surface area contributed by atoms with Gasteiger partial charge in [0.05, 0.1) is 0 Å². The average molecular weight is 187 g/mol. The highest BCUT2D eigenvalue weighted by Gasteiger charge is 2.13. The van der Waals surface area contributed by atoms with Gasteiger partial charge in [0.2, 0.25) is 0 Å². The van der Waals surface area contributed by atoms with Crippen LogP contribution in [-0.2, 0) is 6.42 Å². The number of phenols is 1. The third-order valence-electron chi connectivity index (χ3n) is 1.70. The normalized spacial score (nSPS) is 12.9. The molecule has 0 fully saturated rings. The van der Waals surface area contributed by atoms with E-state index in [1.165, 1.54) is 0 Å². The van der Waals surface area contributed by atoms with Crippen molar-refractivity contribution in [2.45, 2.75) is 19.4 Å². The number of rotatable bonds is 2. The lowest BCUT2D eigenvalue weighted by Crippen LogP contribution is -2.18. The number of halogens is 2. The highest BCUT2D eigenvalue weighted by Crippen LogP contribution is 2.24. The molecule has 0 bridgehead atoms. The van der Waals surface area contributed by atoms with E-state index < -0.39 is 17.4 Å². The van der Waals surface area contributed by atoms with Gasteiger partial charge in [-0.3, -0.25) is 0 Å². The van der Waals surface area contributed by atoms with Crippen LogP contribution in [0.4, 0.5) is 8.78 Å². The Balaban J connectivity index is 3.10. The van der Waals surface area contributed by atoms with Gasteiger partial charge in [0.25, 0.3) is 0 Å². The van der Waals surface area contributed by atoms with Crippen LogP contribution in [0.1, 0.15) is 12.5 Å².